The summed E-state index contributed by atoms with van der Waals surface area (Å²) in [5.74, 6) is -0.118. The SMILES string of the molecule is Cc1nn(C)c(C)c1S(=O)(=O)N1CCN(C(=O)c2cc3n(n2)CCCC3)CC1. The maximum Gasteiger partial charge on any atom is 0.274 e. The quantitative estimate of drug-likeness (QED) is 0.749. The van der Waals surface area contributed by atoms with Gasteiger partial charge in [0.05, 0.1) is 11.4 Å². The number of nitrogens with zero attached hydrogens (tertiary/aromatic N) is 6. The first-order chi connectivity index (χ1) is 13.3. The third-order valence-corrected chi connectivity index (χ3v) is 7.85. The lowest BCUT2D eigenvalue weighted by Crippen LogP contribution is -2.50. The van der Waals surface area contributed by atoms with Crippen molar-refractivity contribution >= 4 is 15.9 Å². The summed E-state index contributed by atoms with van der Waals surface area (Å²) in [5.41, 5.74) is 2.70. The second kappa shape index (κ2) is 7.00. The predicted molar refractivity (Wildman–Crippen MR) is 103 cm³/mol. The van der Waals surface area contributed by atoms with Crippen LogP contribution in [0.15, 0.2) is 11.0 Å². The van der Waals surface area contributed by atoms with E-state index in [4.69, 9.17) is 0 Å². The molecule has 0 atom stereocenters. The van der Waals surface area contributed by atoms with Crippen LogP contribution in [0.4, 0.5) is 0 Å². The van der Waals surface area contributed by atoms with Crippen molar-refractivity contribution in [2.75, 3.05) is 26.2 Å². The summed E-state index contributed by atoms with van der Waals surface area (Å²) in [4.78, 5) is 14.8. The summed E-state index contributed by atoms with van der Waals surface area (Å²) in [6.45, 7) is 5.59. The molecule has 0 saturated carbocycles. The van der Waals surface area contributed by atoms with E-state index in [1.807, 2.05) is 10.7 Å². The minimum atomic E-state index is -3.63. The average Bonchev–Trinajstić information content (AvgIpc) is 3.22. The molecule has 2 aliphatic rings. The highest BCUT2D eigenvalue weighted by Crippen LogP contribution is 2.24. The van der Waals surface area contributed by atoms with E-state index in [1.165, 1.54) is 4.31 Å². The Morgan fingerprint density at radius 1 is 1.04 bits per heavy atom. The molecule has 2 aromatic rings. The fourth-order valence-corrected chi connectivity index (χ4v) is 5.89. The first-order valence-electron chi connectivity index (χ1n) is 9.65. The van der Waals surface area contributed by atoms with E-state index in [-0.39, 0.29) is 23.9 Å². The molecule has 2 aromatic heterocycles. The van der Waals surface area contributed by atoms with Gasteiger partial charge in [0, 0.05) is 45.5 Å². The van der Waals surface area contributed by atoms with Gasteiger partial charge in [-0.25, -0.2) is 8.42 Å². The monoisotopic (exact) mass is 406 g/mol. The van der Waals surface area contributed by atoms with Gasteiger partial charge in [0.1, 0.15) is 4.90 Å². The fourth-order valence-electron chi connectivity index (χ4n) is 4.07. The first-order valence-corrected chi connectivity index (χ1v) is 11.1. The zero-order valence-corrected chi connectivity index (χ0v) is 17.4. The number of carbonyl (C=O) groups excluding carboxylic acids is 1. The van der Waals surface area contributed by atoms with Crippen LogP contribution in [0.25, 0.3) is 0 Å². The molecule has 2 aliphatic heterocycles. The molecular formula is C18H26N6O3S. The standard InChI is InChI=1S/C18H26N6O3S/c1-13-17(14(2)21(3)19-13)28(26,27)23-10-8-22(9-11-23)18(25)16-12-15-6-4-5-7-24(15)20-16/h12H,4-11H2,1-3H3. The van der Waals surface area contributed by atoms with Crippen molar-refractivity contribution in [2.24, 2.45) is 7.05 Å². The highest BCUT2D eigenvalue weighted by atomic mass is 32.2. The second-order valence-corrected chi connectivity index (χ2v) is 9.40. The topological polar surface area (TPSA) is 93.3 Å². The molecule has 1 saturated heterocycles. The van der Waals surface area contributed by atoms with Crippen LogP contribution >= 0.6 is 0 Å². The molecular weight excluding hydrogens is 380 g/mol. The zero-order valence-electron chi connectivity index (χ0n) is 16.6. The lowest BCUT2D eigenvalue weighted by atomic mass is 10.1. The highest BCUT2D eigenvalue weighted by molar-refractivity contribution is 7.89. The average molecular weight is 407 g/mol. The van der Waals surface area contributed by atoms with Crippen molar-refractivity contribution < 1.29 is 13.2 Å². The van der Waals surface area contributed by atoms with Gasteiger partial charge >= 0.3 is 0 Å². The molecule has 9 nitrogen and oxygen atoms in total. The largest absolute Gasteiger partial charge is 0.335 e. The predicted octanol–water partition coefficient (Wildman–Crippen LogP) is 0.716. The molecule has 152 valence electrons. The van der Waals surface area contributed by atoms with E-state index in [2.05, 4.69) is 10.2 Å². The van der Waals surface area contributed by atoms with E-state index in [9.17, 15) is 13.2 Å². The van der Waals surface area contributed by atoms with Crippen molar-refractivity contribution in [3.05, 3.63) is 28.8 Å². The van der Waals surface area contributed by atoms with Crippen LogP contribution in [-0.2, 0) is 30.0 Å². The van der Waals surface area contributed by atoms with Gasteiger partial charge in [-0.05, 0) is 39.2 Å². The van der Waals surface area contributed by atoms with Crippen LogP contribution in [0.1, 0.15) is 40.4 Å². The number of hydrogen-bond acceptors (Lipinski definition) is 5. The lowest BCUT2D eigenvalue weighted by molar-refractivity contribution is 0.0691. The number of piperazine rings is 1. The third-order valence-electron chi connectivity index (χ3n) is 5.70. The molecule has 0 N–H and O–H groups in total. The third kappa shape index (κ3) is 3.14. The smallest absolute Gasteiger partial charge is 0.274 e. The van der Waals surface area contributed by atoms with Gasteiger partial charge in [-0.1, -0.05) is 0 Å². The molecule has 4 heterocycles. The minimum absolute atomic E-state index is 0.118. The van der Waals surface area contributed by atoms with Gasteiger partial charge in [-0.15, -0.1) is 0 Å². The molecule has 0 radical (unpaired) electrons. The number of rotatable bonds is 3. The second-order valence-electron chi connectivity index (χ2n) is 7.52. The normalized spacial score (nSPS) is 18.3. The molecule has 4 rings (SSSR count). The number of hydrogen-bond donors (Lipinski definition) is 0. The van der Waals surface area contributed by atoms with E-state index < -0.39 is 10.0 Å². The Kier molecular flexibility index (Phi) is 4.78. The summed E-state index contributed by atoms with van der Waals surface area (Å²) in [7, 11) is -1.89. The van der Waals surface area contributed by atoms with Crippen LogP contribution in [0.3, 0.4) is 0 Å². The summed E-state index contributed by atoms with van der Waals surface area (Å²) in [6.07, 6.45) is 3.17. The molecule has 0 spiro atoms. The Hall–Kier alpha value is -2.20. The van der Waals surface area contributed by atoms with Gasteiger partial charge in [-0.2, -0.15) is 14.5 Å². The van der Waals surface area contributed by atoms with E-state index in [0.29, 0.717) is 30.2 Å². The summed E-state index contributed by atoms with van der Waals surface area (Å²) in [6, 6.07) is 1.88. The van der Waals surface area contributed by atoms with Crippen LogP contribution in [-0.4, -0.2) is 69.3 Å². The van der Waals surface area contributed by atoms with Crippen molar-refractivity contribution in [2.45, 2.75) is 44.6 Å². The van der Waals surface area contributed by atoms with Crippen LogP contribution in [0.5, 0.6) is 0 Å². The van der Waals surface area contributed by atoms with Crippen molar-refractivity contribution in [3.63, 3.8) is 0 Å². The molecule has 0 aromatic carbocycles. The number of aromatic nitrogens is 4. The van der Waals surface area contributed by atoms with Crippen LogP contribution in [0, 0.1) is 13.8 Å². The fraction of sp³-hybridized carbons (Fsp3) is 0.611. The van der Waals surface area contributed by atoms with Gasteiger partial charge in [0.15, 0.2) is 5.69 Å². The maximum absolute atomic E-state index is 13.1. The molecule has 1 fully saturated rings. The van der Waals surface area contributed by atoms with Gasteiger partial charge in [0.25, 0.3) is 5.91 Å². The zero-order chi connectivity index (χ0) is 20.1. The number of amides is 1. The Morgan fingerprint density at radius 2 is 1.75 bits per heavy atom. The molecule has 0 aliphatic carbocycles. The number of carbonyl (C=O) groups is 1. The number of fused-ring (bicyclic) bond motifs is 1. The van der Waals surface area contributed by atoms with Crippen LogP contribution < -0.4 is 0 Å². The molecule has 1 amide bonds. The summed E-state index contributed by atoms with van der Waals surface area (Å²) < 4.78 is 31.1. The van der Waals surface area contributed by atoms with Crippen molar-refractivity contribution in [3.8, 4) is 0 Å². The van der Waals surface area contributed by atoms with Gasteiger partial charge in [-0.3, -0.25) is 14.2 Å². The van der Waals surface area contributed by atoms with E-state index >= 15 is 0 Å². The summed E-state index contributed by atoms with van der Waals surface area (Å²) >= 11 is 0. The Labute approximate surface area is 165 Å². The van der Waals surface area contributed by atoms with Crippen molar-refractivity contribution in [1.82, 2.24) is 28.8 Å². The minimum Gasteiger partial charge on any atom is -0.335 e. The van der Waals surface area contributed by atoms with E-state index in [1.54, 1.807) is 30.5 Å². The van der Waals surface area contributed by atoms with E-state index in [0.717, 1.165) is 31.5 Å². The van der Waals surface area contributed by atoms with Crippen molar-refractivity contribution in [1.29, 1.82) is 0 Å². The number of aryl methyl sites for hydroxylation is 4. The van der Waals surface area contributed by atoms with Gasteiger partial charge in [0.2, 0.25) is 10.0 Å². The maximum atomic E-state index is 13.1. The molecule has 0 unspecified atom stereocenters. The summed E-state index contributed by atoms with van der Waals surface area (Å²) in [5, 5.41) is 8.67. The molecule has 10 heteroatoms. The highest BCUT2D eigenvalue weighted by Gasteiger charge is 2.34. The number of sulfonamides is 1. The first kappa shape index (κ1) is 19.1. The lowest BCUT2D eigenvalue weighted by Gasteiger charge is -2.33. The Bertz CT molecular complexity index is 991. The molecule has 28 heavy (non-hydrogen) atoms. The Balaban J connectivity index is 1.47. The van der Waals surface area contributed by atoms with Crippen LogP contribution in [0.2, 0.25) is 0 Å². The Morgan fingerprint density at radius 3 is 2.36 bits per heavy atom. The molecule has 0 bridgehead atoms. The van der Waals surface area contributed by atoms with Gasteiger partial charge < -0.3 is 4.90 Å².